The van der Waals surface area contributed by atoms with Gasteiger partial charge < -0.3 is 14.7 Å². The molecule has 1 aliphatic heterocycles. The molecule has 1 saturated heterocycles. The number of hydrogen-bond acceptors (Lipinski definition) is 3. The molecule has 0 unspecified atom stereocenters. The van der Waals surface area contributed by atoms with Crippen molar-refractivity contribution in [3.05, 3.63) is 65.2 Å². The van der Waals surface area contributed by atoms with E-state index >= 15 is 0 Å². The van der Waals surface area contributed by atoms with Gasteiger partial charge in [-0.15, -0.1) is 0 Å². The van der Waals surface area contributed by atoms with Crippen LogP contribution in [0.5, 0.6) is 5.75 Å². The zero-order valence-electron chi connectivity index (χ0n) is 15.6. The second-order valence-corrected chi connectivity index (χ2v) is 6.73. The molecule has 2 aromatic rings. The lowest BCUT2D eigenvalue weighted by molar-refractivity contribution is 0.0620. The maximum atomic E-state index is 12.6. The Bertz CT molecular complexity index is 815. The van der Waals surface area contributed by atoms with Gasteiger partial charge in [-0.3, -0.25) is 4.79 Å². The van der Waals surface area contributed by atoms with Crippen LogP contribution in [-0.2, 0) is 0 Å². The van der Waals surface area contributed by atoms with Gasteiger partial charge in [-0.2, -0.15) is 0 Å². The molecular formula is C23H25NO3. The van der Waals surface area contributed by atoms with Gasteiger partial charge >= 0.3 is 0 Å². The van der Waals surface area contributed by atoms with Crippen LogP contribution in [0.2, 0.25) is 0 Å². The summed E-state index contributed by atoms with van der Waals surface area (Å²) in [5, 5.41) is 9.33. The predicted octanol–water partition coefficient (Wildman–Crippen LogP) is 3.33. The van der Waals surface area contributed by atoms with Crippen molar-refractivity contribution in [1.29, 1.82) is 0 Å². The molecule has 1 fully saturated rings. The van der Waals surface area contributed by atoms with Crippen molar-refractivity contribution < 1.29 is 14.6 Å². The number of likely N-dealkylation sites (tertiary alicyclic amines) is 1. The number of aliphatic hydroxyl groups is 1. The minimum atomic E-state index is 0.0270. The van der Waals surface area contributed by atoms with Gasteiger partial charge in [0.1, 0.15) is 5.75 Å². The Morgan fingerprint density at radius 3 is 2.33 bits per heavy atom. The van der Waals surface area contributed by atoms with Crippen LogP contribution in [0.15, 0.2) is 48.5 Å². The van der Waals surface area contributed by atoms with Gasteiger partial charge in [0, 0.05) is 36.4 Å². The SMILES string of the molecule is CCOc1ccc(C#Cc2ccc(C(=O)N3CCC[C@@H](CO)C3)cc2)cc1. The molecule has 140 valence electrons. The summed E-state index contributed by atoms with van der Waals surface area (Å²) < 4.78 is 5.42. The molecule has 0 spiro atoms. The number of carbonyl (C=O) groups is 1. The zero-order valence-corrected chi connectivity index (χ0v) is 15.6. The highest BCUT2D eigenvalue weighted by Crippen LogP contribution is 2.18. The van der Waals surface area contributed by atoms with E-state index in [9.17, 15) is 9.90 Å². The molecule has 3 rings (SSSR count). The van der Waals surface area contributed by atoms with Crippen LogP contribution in [0, 0.1) is 17.8 Å². The number of piperidine rings is 1. The van der Waals surface area contributed by atoms with Crippen molar-refractivity contribution in [2.24, 2.45) is 5.92 Å². The number of carbonyl (C=O) groups excluding carboxylic acids is 1. The van der Waals surface area contributed by atoms with Crippen LogP contribution in [0.3, 0.4) is 0 Å². The summed E-state index contributed by atoms with van der Waals surface area (Å²) >= 11 is 0. The first-order chi connectivity index (χ1) is 13.2. The molecule has 0 radical (unpaired) electrons. The fourth-order valence-electron chi connectivity index (χ4n) is 3.22. The smallest absolute Gasteiger partial charge is 0.253 e. The van der Waals surface area contributed by atoms with Crippen molar-refractivity contribution in [2.45, 2.75) is 19.8 Å². The lowest BCUT2D eigenvalue weighted by atomic mass is 9.98. The van der Waals surface area contributed by atoms with Gasteiger partial charge in [0.2, 0.25) is 0 Å². The zero-order chi connectivity index (χ0) is 19.1. The van der Waals surface area contributed by atoms with Gasteiger partial charge in [0.05, 0.1) is 6.61 Å². The maximum Gasteiger partial charge on any atom is 0.253 e. The highest BCUT2D eigenvalue weighted by molar-refractivity contribution is 5.94. The fraction of sp³-hybridized carbons (Fsp3) is 0.348. The quantitative estimate of drug-likeness (QED) is 0.848. The third-order valence-corrected chi connectivity index (χ3v) is 4.71. The van der Waals surface area contributed by atoms with Gasteiger partial charge in [0.25, 0.3) is 5.91 Å². The monoisotopic (exact) mass is 363 g/mol. The van der Waals surface area contributed by atoms with Crippen molar-refractivity contribution in [2.75, 3.05) is 26.3 Å². The first-order valence-electron chi connectivity index (χ1n) is 9.44. The minimum Gasteiger partial charge on any atom is -0.494 e. The molecule has 2 aromatic carbocycles. The van der Waals surface area contributed by atoms with Crippen LogP contribution in [0.1, 0.15) is 41.3 Å². The summed E-state index contributed by atoms with van der Waals surface area (Å²) in [4.78, 5) is 14.5. The normalized spacial score (nSPS) is 16.4. The molecular weight excluding hydrogens is 338 g/mol. The van der Waals surface area contributed by atoms with Crippen molar-refractivity contribution in [3.8, 4) is 17.6 Å². The first kappa shape index (κ1) is 19.0. The third kappa shape index (κ3) is 5.12. The van der Waals surface area contributed by atoms with E-state index in [2.05, 4.69) is 11.8 Å². The highest BCUT2D eigenvalue weighted by atomic mass is 16.5. The number of amides is 1. The van der Waals surface area contributed by atoms with Crippen LogP contribution < -0.4 is 4.74 Å². The highest BCUT2D eigenvalue weighted by Gasteiger charge is 2.23. The molecule has 0 saturated carbocycles. The van der Waals surface area contributed by atoms with Crippen molar-refractivity contribution in [1.82, 2.24) is 4.90 Å². The Labute approximate surface area is 160 Å². The average Bonchev–Trinajstić information content (AvgIpc) is 2.73. The Morgan fingerprint density at radius 2 is 1.74 bits per heavy atom. The number of benzene rings is 2. The molecule has 0 bridgehead atoms. The van der Waals surface area contributed by atoms with Crippen LogP contribution in [-0.4, -0.2) is 42.2 Å². The number of nitrogens with zero attached hydrogens (tertiary/aromatic N) is 1. The Kier molecular flexibility index (Phi) is 6.51. The van der Waals surface area contributed by atoms with E-state index < -0.39 is 0 Å². The Hall–Kier alpha value is -2.77. The second kappa shape index (κ2) is 9.25. The Morgan fingerprint density at radius 1 is 1.11 bits per heavy atom. The molecule has 0 aromatic heterocycles. The van der Waals surface area contributed by atoms with E-state index in [1.54, 1.807) is 0 Å². The number of hydrogen-bond donors (Lipinski definition) is 1. The van der Waals surface area contributed by atoms with Crippen LogP contribution >= 0.6 is 0 Å². The molecule has 1 amide bonds. The van der Waals surface area contributed by atoms with E-state index in [0.29, 0.717) is 18.7 Å². The van der Waals surface area contributed by atoms with Crippen molar-refractivity contribution in [3.63, 3.8) is 0 Å². The summed E-state index contributed by atoms with van der Waals surface area (Å²) in [6.45, 7) is 4.14. The first-order valence-corrected chi connectivity index (χ1v) is 9.44. The van der Waals surface area contributed by atoms with E-state index in [0.717, 1.165) is 36.3 Å². The molecule has 1 atom stereocenters. The fourth-order valence-corrected chi connectivity index (χ4v) is 3.22. The summed E-state index contributed by atoms with van der Waals surface area (Å²) in [6.07, 6.45) is 1.93. The van der Waals surface area contributed by atoms with E-state index in [4.69, 9.17) is 4.74 Å². The van der Waals surface area contributed by atoms with Crippen LogP contribution in [0.25, 0.3) is 0 Å². The third-order valence-electron chi connectivity index (χ3n) is 4.71. The molecule has 1 aliphatic rings. The van der Waals surface area contributed by atoms with E-state index in [1.807, 2.05) is 60.4 Å². The Balaban J connectivity index is 1.64. The maximum absolute atomic E-state index is 12.6. The molecule has 0 aliphatic carbocycles. The summed E-state index contributed by atoms with van der Waals surface area (Å²) in [7, 11) is 0. The van der Waals surface area contributed by atoms with Gasteiger partial charge in [-0.05, 0) is 74.2 Å². The summed E-state index contributed by atoms with van der Waals surface area (Å²) in [5.41, 5.74) is 2.45. The minimum absolute atomic E-state index is 0.0270. The lowest BCUT2D eigenvalue weighted by Crippen LogP contribution is -2.40. The van der Waals surface area contributed by atoms with Crippen LogP contribution in [0.4, 0.5) is 0 Å². The average molecular weight is 363 g/mol. The number of rotatable bonds is 4. The second-order valence-electron chi connectivity index (χ2n) is 6.73. The van der Waals surface area contributed by atoms with E-state index in [-0.39, 0.29) is 18.4 Å². The topological polar surface area (TPSA) is 49.8 Å². The van der Waals surface area contributed by atoms with Gasteiger partial charge in [-0.25, -0.2) is 0 Å². The molecule has 4 nitrogen and oxygen atoms in total. The molecule has 4 heteroatoms. The summed E-state index contributed by atoms with van der Waals surface area (Å²) in [5.74, 6) is 7.32. The molecule has 27 heavy (non-hydrogen) atoms. The number of aliphatic hydroxyl groups excluding tert-OH is 1. The van der Waals surface area contributed by atoms with Crippen molar-refractivity contribution >= 4 is 5.91 Å². The largest absolute Gasteiger partial charge is 0.494 e. The number of ether oxygens (including phenoxy) is 1. The summed E-state index contributed by atoms with van der Waals surface area (Å²) in [6, 6.07) is 15.1. The standard InChI is InChI=1S/C23H25NO3/c1-2-27-22-13-9-19(10-14-22)6-5-18-7-11-21(12-8-18)23(26)24-15-3-4-20(16-24)17-25/h7-14,20,25H,2-4,15-17H2,1H3/t20-/m1/s1. The molecule has 1 N–H and O–H groups in total. The van der Waals surface area contributed by atoms with Gasteiger partial charge in [0.15, 0.2) is 0 Å². The van der Waals surface area contributed by atoms with Gasteiger partial charge in [-0.1, -0.05) is 11.8 Å². The van der Waals surface area contributed by atoms with E-state index in [1.165, 1.54) is 0 Å². The lowest BCUT2D eigenvalue weighted by Gasteiger charge is -2.31. The predicted molar refractivity (Wildman–Crippen MR) is 106 cm³/mol. The molecule has 1 heterocycles.